The van der Waals surface area contributed by atoms with Crippen molar-refractivity contribution in [1.29, 1.82) is 0 Å². The predicted molar refractivity (Wildman–Crippen MR) is 96.6 cm³/mol. The second kappa shape index (κ2) is 8.43. The highest BCUT2D eigenvalue weighted by Gasteiger charge is 2.20. The summed E-state index contributed by atoms with van der Waals surface area (Å²) in [7, 11) is 1.76. The van der Waals surface area contributed by atoms with E-state index < -0.39 is 4.92 Å². The van der Waals surface area contributed by atoms with Gasteiger partial charge in [0.2, 0.25) is 0 Å². The van der Waals surface area contributed by atoms with E-state index in [-0.39, 0.29) is 5.69 Å². The van der Waals surface area contributed by atoms with Gasteiger partial charge >= 0.3 is 0 Å². The lowest BCUT2D eigenvalue weighted by atomic mass is 10.2. The zero-order chi connectivity index (χ0) is 18.4. The van der Waals surface area contributed by atoms with Gasteiger partial charge in [-0.15, -0.1) is 0 Å². The Bertz CT molecular complexity index is 736. The van der Waals surface area contributed by atoms with Crippen LogP contribution in [0.4, 0.5) is 5.69 Å². The van der Waals surface area contributed by atoms with Gasteiger partial charge in [0.25, 0.3) is 5.69 Å². The van der Waals surface area contributed by atoms with Crippen molar-refractivity contribution in [2.75, 3.05) is 33.2 Å². The number of non-ortho nitro benzene ring substituents is 1. The van der Waals surface area contributed by atoms with Crippen LogP contribution in [0.2, 0.25) is 0 Å². The molecule has 0 spiro atoms. The van der Waals surface area contributed by atoms with Crippen LogP contribution in [0.15, 0.2) is 46.1 Å². The number of rotatable bonds is 5. The first-order valence-corrected chi connectivity index (χ1v) is 8.46. The lowest BCUT2D eigenvalue weighted by molar-refractivity contribution is -0.384. The molecule has 1 N–H and O–H groups in total. The number of hydrogen-bond acceptors (Lipinski definition) is 6. The van der Waals surface area contributed by atoms with Crippen LogP contribution >= 0.6 is 0 Å². The molecule has 1 aromatic carbocycles. The molecule has 9 nitrogen and oxygen atoms in total. The monoisotopic (exact) mass is 358 g/mol. The van der Waals surface area contributed by atoms with Gasteiger partial charge in [-0.3, -0.25) is 20.0 Å². The van der Waals surface area contributed by atoms with Crippen LogP contribution in [0.1, 0.15) is 11.3 Å². The second-order valence-electron chi connectivity index (χ2n) is 6.08. The Morgan fingerprint density at radius 3 is 2.58 bits per heavy atom. The summed E-state index contributed by atoms with van der Waals surface area (Å²) < 4.78 is 4.87. The second-order valence-corrected chi connectivity index (χ2v) is 6.08. The van der Waals surface area contributed by atoms with Gasteiger partial charge in [-0.2, -0.15) is 0 Å². The summed E-state index contributed by atoms with van der Waals surface area (Å²) in [6.45, 7) is 4.95. The summed E-state index contributed by atoms with van der Waals surface area (Å²) in [5, 5.41) is 18.0. The van der Waals surface area contributed by atoms with E-state index >= 15 is 0 Å². The number of guanidine groups is 1. The van der Waals surface area contributed by atoms with E-state index in [1.165, 1.54) is 12.1 Å². The molecular weight excluding hydrogens is 336 g/mol. The Morgan fingerprint density at radius 1 is 1.27 bits per heavy atom. The first-order valence-electron chi connectivity index (χ1n) is 8.46. The highest BCUT2D eigenvalue weighted by molar-refractivity contribution is 5.80. The van der Waals surface area contributed by atoms with Gasteiger partial charge in [0.15, 0.2) is 5.96 Å². The molecule has 1 fully saturated rings. The largest absolute Gasteiger partial charge is 0.364 e. The minimum atomic E-state index is -0.394. The van der Waals surface area contributed by atoms with Crippen molar-refractivity contribution in [2.45, 2.75) is 13.1 Å². The van der Waals surface area contributed by atoms with E-state index in [1.54, 1.807) is 25.4 Å². The first kappa shape index (κ1) is 17.9. The fraction of sp³-hybridized carbons (Fsp3) is 0.412. The Kier molecular flexibility index (Phi) is 5.80. The molecular formula is C17H22N6O3. The summed E-state index contributed by atoms with van der Waals surface area (Å²) >= 11 is 0. The number of nitro groups is 1. The number of nitrogens with zero attached hydrogens (tertiary/aromatic N) is 5. The molecule has 0 saturated carbocycles. The van der Waals surface area contributed by atoms with Crippen molar-refractivity contribution in [3.8, 4) is 0 Å². The van der Waals surface area contributed by atoms with Crippen molar-refractivity contribution in [2.24, 2.45) is 4.99 Å². The van der Waals surface area contributed by atoms with Crippen LogP contribution in [0.25, 0.3) is 0 Å². The third-order valence-electron chi connectivity index (χ3n) is 4.36. The fourth-order valence-electron chi connectivity index (χ4n) is 2.91. The summed E-state index contributed by atoms with van der Waals surface area (Å²) in [6, 6.07) is 8.44. The van der Waals surface area contributed by atoms with Gasteiger partial charge in [0.05, 0.1) is 10.6 Å². The van der Waals surface area contributed by atoms with Crippen molar-refractivity contribution in [1.82, 2.24) is 20.3 Å². The van der Waals surface area contributed by atoms with Gasteiger partial charge in [0.1, 0.15) is 6.26 Å². The van der Waals surface area contributed by atoms with Crippen molar-refractivity contribution in [3.05, 3.63) is 58.0 Å². The maximum atomic E-state index is 10.7. The topological polar surface area (TPSA) is 100 Å². The standard InChI is InChI=1S/C17H22N6O3/c1-18-17(19-12-14-2-4-16(5-3-14)23(24)25)22-9-7-21(8-10-22)13-15-6-11-26-20-15/h2-6,11H,7-10,12-13H2,1H3,(H,18,19). The molecule has 0 unspecified atom stereocenters. The highest BCUT2D eigenvalue weighted by Crippen LogP contribution is 2.12. The summed E-state index contributed by atoms with van der Waals surface area (Å²) in [4.78, 5) is 19.2. The average Bonchev–Trinajstić information content (AvgIpc) is 3.17. The third-order valence-corrected chi connectivity index (χ3v) is 4.36. The maximum Gasteiger partial charge on any atom is 0.269 e. The number of piperazine rings is 1. The number of aromatic nitrogens is 1. The molecule has 1 aromatic heterocycles. The van der Waals surface area contributed by atoms with Crippen molar-refractivity contribution < 1.29 is 9.45 Å². The van der Waals surface area contributed by atoms with Gasteiger partial charge in [-0.05, 0) is 5.56 Å². The van der Waals surface area contributed by atoms with Gasteiger partial charge in [-0.1, -0.05) is 17.3 Å². The molecule has 1 aliphatic heterocycles. The van der Waals surface area contributed by atoms with E-state index in [0.717, 1.165) is 49.9 Å². The molecule has 0 amide bonds. The van der Waals surface area contributed by atoms with Crippen LogP contribution in [-0.4, -0.2) is 59.1 Å². The van der Waals surface area contributed by atoms with Crippen molar-refractivity contribution in [3.63, 3.8) is 0 Å². The number of benzene rings is 1. The zero-order valence-electron chi connectivity index (χ0n) is 14.7. The lowest BCUT2D eigenvalue weighted by Crippen LogP contribution is -2.52. The summed E-state index contributed by atoms with van der Waals surface area (Å²) in [5.74, 6) is 0.837. The van der Waals surface area contributed by atoms with Crippen LogP contribution in [0.3, 0.4) is 0 Å². The van der Waals surface area contributed by atoms with E-state index in [9.17, 15) is 10.1 Å². The third kappa shape index (κ3) is 4.57. The molecule has 0 atom stereocenters. The molecule has 1 saturated heterocycles. The molecule has 0 aliphatic carbocycles. The normalized spacial score (nSPS) is 15.9. The average molecular weight is 358 g/mol. The van der Waals surface area contributed by atoms with E-state index in [0.29, 0.717) is 6.54 Å². The maximum absolute atomic E-state index is 10.7. The summed E-state index contributed by atoms with van der Waals surface area (Å²) in [5.41, 5.74) is 2.02. The molecule has 9 heteroatoms. The molecule has 1 aliphatic rings. The summed E-state index contributed by atoms with van der Waals surface area (Å²) in [6.07, 6.45) is 1.59. The smallest absolute Gasteiger partial charge is 0.269 e. The molecule has 138 valence electrons. The van der Waals surface area contributed by atoms with Crippen LogP contribution in [0, 0.1) is 10.1 Å². The van der Waals surface area contributed by atoms with Gasteiger partial charge < -0.3 is 14.7 Å². The lowest BCUT2D eigenvalue weighted by Gasteiger charge is -2.36. The minimum Gasteiger partial charge on any atom is -0.364 e. The molecule has 2 aromatic rings. The van der Waals surface area contributed by atoms with Gasteiger partial charge in [0, 0.05) is 64.5 Å². The van der Waals surface area contributed by atoms with Crippen LogP contribution < -0.4 is 5.32 Å². The SMILES string of the molecule is CN=C(NCc1ccc([N+](=O)[O-])cc1)N1CCN(Cc2ccon2)CC1. The Morgan fingerprint density at radius 2 is 2.00 bits per heavy atom. The fourth-order valence-corrected chi connectivity index (χ4v) is 2.91. The van der Waals surface area contributed by atoms with Crippen LogP contribution in [-0.2, 0) is 13.1 Å². The molecule has 2 heterocycles. The first-order chi connectivity index (χ1) is 12.7. The molecule has 0 radical (unpaired) electrons. The number of nitro benzene ring substituents is 1. The number of aliphatic imine (C=N–C) groups is 1. The van der Waals surface area contributed by atoms with E-state index in [4.69, 9.17) is 4.52 Å². The van der Waals surface area contributed by atoms with Crippen LogP contribution in [0.5, 0.6) is 0 Å². The number of nitrogens with one attached hydrogen (secondary N) is 1. The predicted octanol–water partition coefficient (Wildman–Crippen LogP) is 1.48. The van der Waals surface area contributed by atoms with E-state index in [1.807, 2.05) is 6.07 Å². The minimum absolute atomic E-state index is 0.0985. The highest BCUT2D eigenvalue weighted by atomic mass is 16.6. The number of hydrogen-bond donors (Lipinski definition) is 1. The van der Waals surface area contributed by atoms with Crippen molar-refractivity contribution >= 4 is 11.6 Å². The molecule has 26 heavy (non-hydrogen) atoms. The zero-order valence-corrected chi connectivity index (χ0v) is 14.7. The van der Waals surface area contributed by atoms with E-state index in [2.05, 4.69) is 25.3 Å². The Labute approximate surface area is 151 Å². The Balaban J connectivity index is 1.48. The quantitative estimate of drug-likeness (QED) is 0.374. The van der Waals surface area contributed by atoms with Gasteiger partial charge in [-0.25, -0.2) is 0 Å². The Hall–Kier alpha value is -2.94. The molecule has 0 bridgehead atoms. The molecule has 3 rings (SSSR count).